The lowest BCUT2D eigenvalue weighted by atomic mass is 9.81. The molecule has 120 valence electrons. The predicted octanol–water partition coefficient (Wildman–Crippen LogP) is 5.62. The van der Waals surface area contributed by atoms with Gasteiger partial charge in [0.2, 0.25) is 0 Å². The van der Waals surface area contributed by atoms with E-state index in [1.165, 1.54) is 10.9 Å². The first-order valence-corrected chi connectivity index (χ1v) is 8.11. The average Bonchev–Trinajstić information content (AvgIpc) is 2.35. The Morgan fingerprint density at radius 1 is 0.955 bits per heavy atom. The number of rotatable bonds is 2. The van der Waals surface area contributed by atoms with Gasteiger partial charge in [-0.1, -0.05) is 53.7 Å². The third-order valence-corrected chi connectivity index (χ3v) is 3.74. The van der Waals surface area contributed by atoms with E-state index in [9.17, 15) is 0 Å². The predicted molar refractivity (Wildman–Crippen MR) is 94.9 cm³/mol. The molecule has 0 saturated heterocycles. The fourth-order valence-electron chi connectivity index (χ4n) is 2.58. The standard InChI is InChI=1S/C20H29NO/c1-13(2)22-16-11-9-10-14-15(19(3,4)5)12-17(20(6,7)8)21-18(14)16/h9-13H,1-8H3. The quantitative estimate of drug-likeness (QED) is 0.718. The Kier molecular flexibility index (Phi) is 4.25. The lowest BCUT2D eigenvalue weighted by molar-refractivity contribution is 0.245. The van der Waals surface area contributed by atoms with Crippen molar-refractivity contribution in [1.29, 1.82) is 0 Å². The molecule has 2 aromatic rings. The van der Waals surface area contributed by atoms with Gasteiger partial charge in [-0.15, -0.1) is 0 Å². The smallest absolute Gasteiger partial charge is 0.145 e. The van der Waals surface area contributed by atoms with Gasteiger partial charge in [0.1, 0.15) is 11.3 Å². The van der Waals surface area contributed by atoms with Crippen LogP contribution < -0.4 is 4.74 Å². The second-order valence-corrected chi connectivity index (χ2v) is 8.37. The summed E-state index contributed by atoms with van der Waals surface area (Å²) < 4.78 is 6.00. The maximum absolute atomic E-state index is 6.00. The van der Waals surface area contributed by atoms with E-state index in [0.717, 1.165) is 17.0 Å². The van der Waals surface area contributed by atoms with Crippen LogP contribution in [-0.2, 0) is 10.8 Å². The molecule has 0 saturated carbocycles. The minimum atomic E-state index is 0.0130. The monoisotopic (exact) mass is 299 g/mol. The number of benzene rings is 1. The van der Waals surface area contributed by atoms with Crippen LogP contribution in [0.25, 0.3) is 10.9 Å². The van der Waals surface area contributed by atoms with E-state index < -0.39 is 0 Å². The summed E-state index contributed by atoms with van der Waals surface area (Å²) in [5, 5.41) is 1.19. The summed E-state index contributed by atoms with van der Waals surface area (Å²) in [6.45, 7) is 17.5. The molecule has 2 heteroatoms. The number of pyridine rings is 1. The van der Waals surface area contributed by atoms with Crippen molar-refractivity contribution in [2.45, 2.75) is 72.3 Å². The molecule has 0 aliphatic carbocycles. The molecule has 2 rings (SSSR count). The topological polar surface area (TPSA) is 22.1 Å². The average molecular weight is 299 g/mol. The van der Waals surface area contributed by atoms with Crippen LogP contribution in [0, 0.1) is 0 Å². The molecule has 0 aliphatic heterocycles. The zero-order chi connectivity index (χ0) is 16.7. The minimum Gasteiger partial charge on any atom is -0.489 e. The van der Waals surface area contributed by atoms with Gasteiger partial charge in [0.15, 0.2) is 0 Å². The van der Waals surface area contributed by atoms with Crippen molar-refractivity contribution in [2.75, 3.05) is 0 Å². The Balaban J connectivity index is 2.83. The Bertz CT molecular complexity index is 672. The highest BCUT2D eigenvalue weighted by Gasteiger charge is 2.24. The van der Waals surface area contributed by atoms with Gasteiger partial charge in [0.05, 0.1) is 6.10 Å². The summed E-state index contributed by atoms with van der Waals surface area (Å²) >= 11 is 0. The summed E-state index contributed by atoms with van der Waals surface area (Å²) in [5.41, 5.74) is 3.51. The molecule has 0 unspecified atom stereocenters. The summed E-state index contributed by atoms with van der Waals surface area (Å²) in [4.78, 5) is 4.95. The number of ether oxygens (including phenoxy) is 1. The number of hydrogen-bond donors (Lipinski definition) is 0. The normalized spacial score (nSPS) is 13.0. The molecular weight excluding hydrogens is 270 g/mol. The highest BCUT2D eigenvalue weighted by Crippen LogP contribution is 2.36. The van der Waals surface area contributed by atoms with Gasteiger partial charge in [0, 0.05) is 16.5 Å². The molecule has 22 heavy (non-hydrogen) atoms. The first-order chi connectivity index (χ1) is 10.00. The Morgan fingerprint density at radius 3 is 2.09 bits per heavy atom. The maximum atomic E-state index is 6.00. The van der Waals surface area contributed by atoms with Crippen molar-refractivity contribution >= 4 is 10.9 Å². The van der Waals surface area contributed by atoms with Crippen LogP contribution in [0.15, 0.2) is 24.3 Å². The Morgan fingerprint density at radius 2 is 1.59 bits per heavy atom. The number of nitrogens with zero attached hydrogens (tertiary/aromatic N) is 1. The van der Waals surface area contributed by atoms with Crippen LogP contribution in [0.4, 0.5) is 0 Å². The SMILES string of the molecule is CC(C)Oc1cccc2c(C(C)(C)C)cc(C(C)(C)C)nc12. The van der Waals surface area contributed by atoms with Crippen molar-refractivity contribution < 1.29 is 4.74 Å². The summed E-state index contributed by atoms with van der Waals surface area (Å²) in [5.74, 6) is 0.879. The molecule has 0 N–H and O–H groups in total. The summed E-state index contributed by atoms with van der Waals surface area (Å²) in [7, 11) is 0. The van der Waals surface area contributed by atoms with Crippen LogP contribution in [0.5, 0.6) is 5.75 Å². The lowest BCUT2D eigenvalue weighted by Crippen LogP contribution is -2.19. The molecule has 0 spiro atoms. The third kappa shape index (κ3) is 3.43. The van der Waals surface area contributed by atoms with Gasteiger partial charge in [-0.25, -0.2) is 4.98 Å². The van der Waals surface area contributed by atoms with Crippen molar-refractivity contribution in [1.82, 2.24) is 4.98 Å². The van der Waals surface area contributed by atoms with Gasteiger partial charge < -0.3 is 4.74 Å². The van der Waals surface area contributed by atoms with Crippen LogP contribution >= 0.6 is 0 Å². The van der Waals surface area contributed by atoms with E-state index in [0.29, 0.717) is 0 Å². The summed E-state index contributed by atoms with van der Waals surface area (Å²) in [6.07, 6.45) is 0.142. The van der Waals surface area contributed by atoms with Crippen molar-refractivity contribution in [2.24, 2.45) is 0 Å². The molecule has 0 atom stereocenters. The van der Waals surface area contributed by atoms with E-state index in [2.05, 4.69) is 73.6 Å². The number of para-hydroxylation sites is 1. The Labute approximate surface area is 134 Å². The van der Waals surface area contributed by atoms with Crippen molar-refractivity contribution in [3.05, 3.63) is 35.5 Å². The van der Waals surface area contributed by atoms with Crippen LogP contribution in [0.3, 0.4) is 0 Å². The highest BCUT2D eigenvalue weighted by atomic mass is 16.5. The minimum absolute atomic E-state index is 0.0130. The number of hydrogen-bond acceptors (Lipinski definition) is 2. The molecule has 1 aromatic heterocycles. The second-order valence-electron chi connectivity index (χ2n) is 8.37. The fourth-order valence-corrected chi connectivity index (χ4v) is 2.58. The van der Waals surface area contributed by atoms with E-state index in [-0.39, 0.29) is 16.9 Å². The zero-order valence-corrected chi connectivity index (χ0v) is 15.2. The zero-order valence-electron chi connectivity index (χ0n) is 15.2. The molecule has 0 amide bonds. The highest BCUT2D eigenvalue weighted by molar-refractivity contribution is 5.88. The van der Waals surface area contributed by atoms with Crippen LogP contribution in [-0.4, -0.2) is 11.1 Å². The van der Waals surface area contributed by atoms with Crippen LogP contribution in [0.1, 0.15) is 66.6 Å². The first kappa shape index (κ1) is 16.8. The molecule has 0 radical (unpaired) electrons. The molecule has 0 aliphatic rings. The largest absolute Gasteiger partial charge is 0.489 e. The lowest BCUT2D eigenvalue weighted by Gasteiger charge is -2.26. The van der Waals surface area contributed by atoms with E-state index in [4.69, 9.17) is 9.72 Å². The molecule has 2 nitrogen and oxygen atoms in total. The molecule has 1 aromatic carbocycles. The van der Waals surface area contributed by atoms with Crippen molar-refractivity contribution in [3.8, 4) is 5.75 Å². The molecule has 0 fully saturated rings. The Hall–Kier alpha value is -1.57. The summed E-state index contributed by atoms with van der Waals surface area (Å²) in [6, 6.07) is 8.51. The fraction of sp³-hybridized carbons (Fsp3) is 0.550. The molecular formula is C20H29NO. The van der Waals surface area contributed by atoms with Crippen molar-refractivity contribution in [3.63, 3.8) is 0 Å². The van der Waals surface area contributed by atoms with Gasteiger partial charge >= 0.3 is 0 Å². The first-order valence-electron chi connectivity index (χ1n) is 8.11. The second kappa shape index (κ2) is 5.57. The molecule has 0 bridgehead atoms. The molecule has 1 heterocycles. The van der Waals surface area contributed by atoms with Crippen LogP contribution in [0.2, 0.25) is 0 Å². The van der Waals surface area contributed by atoms with Gasteiger partial charge in [-0.3, -0.25) is 0 Å². The van der Waals surface area contributed by atoms with Gasteiger partial charge in [-0.05, 0) is 37.0 Å². The van der Waals surface area contributed by atoms with Gasteiger partial charge in [0.25, 0.3) is 0 Å². The third-order valence-electron chi connectivity index (χ3n) is 3.74. The number of aromatic nitrogens is 1. The van der Waals surface area contributed by atoms with E-state index in [1.807, 2.05) is 6.07 Å². The maximum Gasteiger partial charge on any atom is 0.145 e. The number of fused-ring (bicyclic) bond motifs is 1. The van der Waals surface area contributed by atoms with E-state index in [1.54, 1.807) is 0 Å². The van der Waals surface area contributed by atoms with Gasteiger partial charge in [-0.2, -0.15) is 0 Å². The van der Waals surface area contributed by atoms with E-state index >= 15 is 0 Å².